The van der Waals surface area contributed by atoms with Gasteiger partial charge in [0.25, 0.3) is 5.91 Å². The van der Waals surface area contributed by atoms with Gasteiger partial charge in [0.05, 0.1) is 24.9 Å². The van der Waals surface area contributed by atoms with E-state index < -0.39 is 0 Å². The Morgan fingerprint density at radius 3 is 2.33 bits per heavy atom. The number of hydrogen-bond acceptors (Lipinski definition) is 5. The summed E-state index contributed by atoms with van der Waals surface area (Å²) in [7, 11) is 3.11. The van der Waals surface area contributed by atoms with Crippen molar-refractivity contribution in [1.29, 1.82) is 0 Å². The number of halogens is 2. The Morgan fingerprint density at radius 2 is 1.74 bits per heavy atom. The molecule has 8 heteroatoms. The highest BCUT2D eigenvalue weighted by molar-refractivity contribution is 9.10. The van der Waals surface area contributed by atoms with E-state index in [0.717, 1.165) is 25.6 Å². The molecule has 0 spiro atoms. The fourth-order valence-corrected chi connectivity index (χ4v) is 3.79. The summed E-state index contributed by atoms with van der Waals surface area (Å²) in [5.41, 5.74) is 5.09. The molecule has 1 N–H and O–H groups in total. The maximum atomic E-state index is 12.0. The number of aryl methyl sites for hydroxylation is 2. The van der Waals surface area contributed by atoms with Crippen molar-refractivity contribution in [2.75, 3.05) is 20.8 Å². The highest BCUT2D eigenvalue weighted by Crippen LogP contribution is 2.35. The van der Waals surface area contributed by atoms with E-state index in [1.54, 1.807) is 20.3 Å². The van der Waals surface area contributed by atoms with Crippen molar-refractivity contribution < 1.29 is 19.0 Å². The van der Waals surface area contributed by atoms with Gasteiger partial charge in [-0.1, -0.05) is 15.9 Å². The summed E-state index contributed by atoms with van der Waals surface area (Å²) >= 11 is 6.85. The highest BCUT2D eigenvalue weighted by Gasteiger charge is 2.10. The van der Waals surface area contributed by atoms with Crippen LogP contribution >= 0.6 is 31.9 Å². The second kappa shape index (κ2) is 9.75. The summed E-state index contributed by atoms with van der Waals surface area (Å²) in [5, 5.41) is 3.96. The molecule has 144 valence electrons. The summed E-state index contributed by atoms with van der Waals surface area (Å²) in [4.78, 5) is 12.0. The second-order valence-corrected chi connectivity index (χ2v) is 7.46. The molecule has 0 aliphatic heterocycles. The molecule has 0 fully saturated rings. The van der Waals surface area contributed by atoms with Crippen LogP contribution in [0.5, 0.6) is 17.2 Å². The lowest BCUT2D eigenvalue weighted by atomic mass is 10.1. The van der Waals surface area contributed by atoms with Gasteiger partial charge in [0.1, 0.15) is 5.75 Å². The van der Waals surface area contributed by atoms with Crippen molar-refractivity contribution in [1.82, 2.24) is 5.43 Å². The van der Waals surface area contributed by atoms with Gasteiger partial charge >= 0.3 is 0 Å². The van der Waals surface area contributed by atoms with Crippen molar-refractivity contribution in [3.05, 3.63) is 49.9 Å². The minimum Gasteiger partial charge on any atom is -0.493 e. The predicted octanol–water partition coefficient (Wildman–Crippen LogP) is 4.37. The van der Waals surface area contributed by atoms with Gasteiger partial charge in [-0.2, -0.15) is 5.10 Å². The van der Waals surface area contributed by atoms with E-state index in [-0.39, 0.29) is 12.5 Å². The zero-order valence-electron chi connectivity index (χ0n) is 15.4. The van der Waals surface area contributed by atoms with Gasteiger partial charge in [-0.3, -0.25) is 4.79 Å². The van der Waals surface area contributed by atoms with Gasteiger partial charge in [0.2, 0.25) is 0 Å². The number of benzene rings is 2. The molecule has 0 aromatic heterocycles. The first kappa shape index (κ1) is 21.2. The number of rotatable bonds is 7. The molecular weight excluding hydrogens is 480 g/mol. The minimum atomic E-state index is -0.354. The van der Waals surface area contributed by atoms with Crippen LogP contribution in [0.25, 0.3) is 0 Å². The summed E-state index contributed by atoms with van der Waals surface area (Å²) < 4.78 is 17.9. The third kappa shape index (κ3) is 5.71. The lowest BCUT2D eigenvalue weighted by Crippen LogP contribution is -2.25. The number of hydrogen-bond donors (Lipinski definition) is 1. The number of nitrogens with one attached hydrogen (secondary N) is 1. The number of carbonyl (C=O) groups is 1. The first-order chi connectivity index (χ1) is 12.8. The van der Waals surface area contributed by atoms with E-state index in [9.17, 15) is 4.79 Å². The fourth-order valence-electron chi connectivity index (χ4n) is 2.49. The molecule has 1 amide bonds. The van der Waals surface area contributed by atoms with Crippen LogP contribution in [0.2, 0.25) is 0 Å². The Labute approximate surface area is 175 Å². The molecule has 0 heterocycles. The Morgan fingerprint density at radius 1 is 1.07 bits per heavy atom. The Hall–Kier alpha value is -2.06. The molecule has 0 bridgehead atoms. The van der Waals surface area contributed by atoms with Crippen LogP contribution in [-0.2, 0) is 4.79 Å². The number of carbonyl (C=O) groups excluding carboxylic acids is 1. The quantitative estimate of drug-likeness (QED) is 0.453. The van der Waals surface area contributed by atoms with E-state index >= 15 is 0 Å². The number of methoxy groups -OCH3 is 2. The molecule has 6 nitrogen and oxygen atoms in total. The monoisotopic (exact) mass is 498 g/mol. The molecule has 2 aromatic rings. The molecule has 2 aromatic carbocycles. The highest BCUT2D eigenvalue weighted by atomic mass is 79.9. The Bertz CT molecular complexity index is 846. The molecule has 0 radical (unpaired) electrons. The zero-order valence-corrected chi connectivity index (χ0v) is 18.6. The zero-order chi connectivity index (χ0) is 20.0. The molecule has 0 aliphatic rings. The topological polar surface area (TPSA) is 69.2 Å². The average Bonchev–Trinajstić information content (AvgIpc) is 2.60. The van der Waals surface area contributed by atoms with Crippen LogP contribution in [0, 0.1) is 13.8 Å². The number of amides is 1. The Kier molecular flexibility index (Phi) is 7.67. The van der Waals surface area contributed by atoms with Gasteiger partial charge in [0, 0.05) is 4.47 Å². The summed E-state index contributed by atoms with van der Waals surface area (Å²) in [6, 6.07) is 7.44. The van der Waals surface area contributed by atoms with Gasteiger partial charge in [-0.25, -0.2) is 5.43 Å². The summed E-state index contributed by atoms with van der Waals surface area (Å²) in [5.74, 6) is 1.49. The van der Waals surface area contributed by atoms with Crippen LogP contribution in [0.1, 0.15) is 16.7 Å². The molecular formula is C19H20Br2N2O4. The molecule has 0 saturated carbocycles. The predicted molar refractivity (Wildman–Crippen MR) is 112 cm³/mol. The van der Waals surface area contributed by atoms with Gasteiger partial charge < -0.3 is 14.2 Å². The summed E-state index contributed by atoms with van der Waals surface area (Å²) in [6.45, 7) is 3.73. The SMILES string of the molecule is COc1cc(/C=N/NC(=O)COc2c(C)cc(Br)cc2C)cc(Br)c1OC. The fraction of sp³-hybridized carbons (Fsp3) is 0.263. The number of ether oxygens (including phenoxy) is 3. The number of hydrazone groups is 1. The van der Waals surface area contributed by atoms with Crippen molar-refractivity contribution in [2.24, 2.45) is 5.10 Å². The average molecular weight is 500 g/mol. The molecule has 2 rings (SSSR count). The minimum absolute atomic E-state index is 0.129. The molecule has 27 heavy (non-hydrogen) atoms. The third-order valence-electron chi connectivity index (χ3n) is 3.63. The molecule has 0 unspecified atom stereocenters. The van der Waals surface area contributed by atoms with Crippen LogP contribution in [0.3, 0.4) is 0 Å². The van der Waals surface area contributed by atoms with Crippen molar-refractivity contribution >= 4 is 44.0 Å². The van der Waals surface area contributed by atoms with E-state index in [1.807, 2.05) is 32.0 Å². The lowest BCUT2D eigenvalue weighted by molar-refractivity contribution is -0.123. The molecule has 0 aliphatic carbocycles. The second-order valence-electron chi connectivity index (χ2n) is 5.69. The first-order valence-corrected chi connectivity index (χ1v) is 9.57. The van der Waals surface area contributed by atoms with E-state index in [2.05, 4.69) is 42.4 Å². The van der Waals surface area contributed by atoms with Crippen molar-refractivity contribution in [2.45, 2.75) is 13.8 Å². The van der Waals surface area contributed by atoms with E-state index in [0.29, 0.717) is 17.2 Å². The van der Waals surface area contributed by atoms with E-state index in [4.69, 9.17) is 14.2 Å². The van der Waals surface area contributed by atoms with Gasteiger partial charge in [0.15, 0.2) is 18.1 Å². The largest absolute Gasteiger partial charge is 0.493 e. The molecule has 0 atom stereocenters. The van der Waals surface area contributed by atoms with E-state index in [1.165, 1.54) is 6.21 Å². The van der Waals surface area contributed by atoms with Crippen LogP contribution < -0.4 is 19.6 Å². The van der Waals surface area contributed by atoms with Crippen molar-refractivity contribution in [3.63, 3.8) is 0 Å². The maximum absolute atomic E-state index is 12.0. The van der Waals surface area contributed by atoms with Crippen LogP contribution in [0.15, 0.2) is 38.3 Å². The lowest BCUT2D eigenvalue weighted by Gasteiger charge is -2.12. The normalized spacial score (nSPS) is 10.7. The number of nitrogens with zero attached hydrogens (tertiary/aromatic N) is 1. The summed E-state index contributed by atoms with van der Waals surface area (Å²) in [6.07, 6.45) is 1.51. The van der Waals surface area contributed by atoms with Crippen molar-refractivity contribution in [3.8, 4) is 17.2 Å². The maximum Gasteiger partial charge on any atom is 0.277 e. The standard InChI is InChI=1S/C19H20Br2N2O4/c1-11-5-14(20)6-12(2)18(11)27-10-17(24)23-22-9-13-7-15(21)19(26-4)16(8-13)25-3/h5-9H,10H2,1-4H3,(H,23,24)/b22-9+. The smallest absolute Gasteiger partial charge is 0.277 e. The van der Waals surface area contributed by atoms with Crippen LogP contribution in [0.4, 0.5) is 0 Å². The molecule has 0 saturated heterocycles. The first-order valence-electron chi connectivity index (χ1n) is 7.98. The van der Waals surface area contributed by atoms with Crippen LogP contribution in [-0.4, -0.2) is 32.9 Å². The van der Waals surface area contributed by atoms with Gasteiger partial charge in [-0.15, -0.1) is 0 Å². The third-order valence-corrected chi connectivity index (χ3v) is 4.68. The van der Waals surface area contributed by atoms with Gasteiger partial charge in [-0.05, 0) is 70.7 Å². The Balaban J connectivity index is 1.97.